The smallest absolute Gasteiger partial charge is 0.273 e. The first-order chi connectivity index (χ1) is 11.1. The Kier molecular flexibility index (Phi) is 5.74. The van der Waals surface area contributed by atoms with Crippen LogP contribution in [0.25, 0.3) is 0 Å². The molecule has 0 aliphatic heterocycles. The van der Waals surface area contributed by atoms with Crippen molar-refractivity contribution >= 4 is 17.5 Å². The summed E-state index contributed by atoms with van der Waals surface area (Å²) in [4.78, 5) is 22.9. The zero-order valence-electron chi connectivity index (χ0n) is 13.1. The quantitative estimate of drug-likeness (QED) is 0.817. The van der Waals surface area contributed by atoms with Gasteiger partial charge in [-0.1, -0.05) is 12.1 Å². The summed E-state index contributed by atoms with van der Waals surface area (Å²) < 4.78 is 10.6. The van der Waals surface area contributed by atoms with Gasteiger partial charge in [0.25, 0.3) is 5.91 Å². The number of rotatable bonds is 7. The lowest BCUT2D eigenvalue weighted by atomic mass is 10.3. The van der Waals surface area contributed by atoms with E-state index in [1.165, 1.54) is 0 Å². The minimum atomic E-state index is -0.279. The average Bonchev–Trinajstić information content (AvgIpc) is 3.03. The van der Waals surface area contributed by atoms with Gasteiger partial charge in [-0.05, 0) is 31.2 Å². The highest BCUT2D eigenvalue weighted by atomic mass is 16.5. The third kappa shape index (κ3) is 4.84. The van der Waals surface area contributed by atoms with Crippen molar-refractivity contribution in [3.63, 3.8) is 0 Å². The highest BCUT2D eigenvalue weighted by Crippen LogP contribution is 2.17. The van der Waals surface area contributed by atoms with E-state index in [1.807, 2.05) is 6.92 Å². The molecule has 2 rings (SSSR count). The predicted molar refractivity (Wildman–Crippen MR) is 84.2 cm³/mol. The van der Waals surface area contributed by atoms with Crippen molar-refractivity contribution in [2.24, 2.45) is 0 Å². The van der Waals surface area contributed by atoms with Gasteiger partial charge in [-0.2, -0.15) is 0 Å². The molecule has 0 fully saturated rings. The van der Waals surface area contributed by atoms with Gasteiger partial charge in [-0.3, -0.25) is 9.59 Å². The standard InChI is InChI=1S/C16H19N3O4/c1-3-15(20)18-11-5-7-12(8-6-11)22-10-13-9-14(19-23-13)16(21)17-4-2/h5-9H,3-4,10H2,1-2H3,(H,17,21)(H,18,20). The summed E-state index contributed by atoms with van der Waals surface area (Å²) in [7, 11) is 0. The number of carbonyl (C=O) groups excluding carboxylic acids is 2. The summed E-state index contributed by atoms with van der Waals surface area (Å²) in [5.41, 5.74) is 0.936. The molecule has 0 radical (unpaired) electrons. The third-order valence-electron chi connectivity index (χ3n) is 2.97. The minimum absolute atomic E-state index is 0.0433. The number of ether oxygens (including phenoxy) is 1. The van der Waals surface area contributed by atoms with Crippen LogP contribution in [-0.2, 0) is 11.4 Å². The average molecular weight is 317 g/mol. The summed E-state index contributed by atoms with van der Waals surface area (Å²) in [5.74, 6) is 0.752. The lowest BCUT2D eigenvalue weighted by Gasteiger charge is -2.06. The Hall–Kier alpha value is -2.83. The fraction of sp³-hybridized carbons (Fsp3) is 0.312. The summed E-state index contributed by atoms with van der Waals surface area (Å²) >= 11 is 0. The molecule has 23 heavy (non-hydrogen) atoms. The Balaban J connectivity index is 1.88. The van der Waals surface area contributed by atoms with Gasteiger partial charge in [0, 0.05) is 24.7 Å². The van der Waals surface area contributed by atoms with Crippen LogP contribution in [0.1, 0.15) is 36.5 Å². The van der Waals surface area contributed by atoms with E-state index >= 15 is 0 Å². The number of nitrogens with zero attached hydrogens (tertiary/aromatic N) is 1. The van der Waals surface area contributed by atoms with Crippen molar-refractivity contribution in [3.05, 3.63) is 41.8 Å². The molecule has 1 heterocycles. The molecule has 0 saturated heterocycles. The lowest BCUT2D eigenvalue weighted by Crippen LogP contribution is -2.22. The number of anilines is 1. The second kappa shape index (κ2) is 7.98. The van der Waals surface area contributed by atoms with Crippen molar-refractivity contribution in [2.75, 3.05) is 11.9 Å². The first kappa shape index (κ1) is 16.5. The largest absolute Gasteiger partial charge is 0.486 e. The first-order valence-electron chi connectivity index (χ1n) is 7.38. The molecule has 0 bridgehead atoms. The molecule has 0 unspecified atom stereocenters. The van der Waals surface area contributed by atoms with Gasteiger partial charge >= 0.3 is 0 Å². The van der Waals surface area contributed by atoms with Crippen LogP contribution < -0.4 is 15.4 Å². The molecule has 1 aromatic heterocycles. The second-order valence-corrected chi connectivity index (χ2v) is 4.75. The van der Waals surface area contributed by atoms with Crippen molar-refractivity contribution < 1.29 is 18.8 Å². The van der Waals surface area contributed by atoms with Crippen LogP contribution in [0.2, 0.25) is 0 Å². The third-order valence-corrected chi connectivity index (χ3v) is 2.97. The number of hydrogen-bond acceptors (Lipinski definition) is 5. The van der Waals surface area contributed by atoms with Gasteiger partial charge < -0.3 is 19.9 Å². The van der Waals surface area contributed by atoms with E-state index < -0.39 is 0 Å². The molecule has 0 aliphatic rings. The Labute approximate surface area is 134 Å². The number of aromatic nitrogens is 1. The topological polar surface area (TPSA) is 93.5 Å². The van der Waals surface area contributed by atoms with Crippen LogP contribution in [0.4, 0.5) is 5.69 Å². The summed E-state index contributed by atoms with van der Waals surface area (Å²) in [6.45, 7) is 4.30. The zero-order valence-corrected chi connectivity index (χ0v) is 13.1. The van der Waals surface area contributed by atoms with Crippen molar-refractivity contribution in [3.8, 4) is 5.75 Å². The van der Waals surface area contributed by atoms with E-state index in [-0.39, 0.29) is 24.1 Å². The molecule has 2 N–H and O–H groups in total. The number of hydrogen-bond donors (Lipinski definition) is 2. The fourth-order valence-corrected chi connectivity index (χ4v) is 1.78. The van der Waals surface area contributed by atoms with Gasteiger partial charge in [0.1, 0.15) is 12.4 Å². The molecular weight excluding hydrogens is 298 g/mol. The summed E-state index contributed by atoms with van der Waals surface area (Å²) in [5, 5.41) is 9.08. The van der Waals surface area contributed by atoms with Gasteiger partial charge in [0.2, 0.25) is 5.91 Å². The SMILES string of the molecule is CCNC(=O)c1cc(COc2ccc(NC(=O)CC)cc2)on1. The van der Waals surface area contributed by atoms with Gasteiger partial charge in [0.05, 0.1) is 0 Å². The van der Waals surface area contributed by atoms with Crippen LogP contribution in [0.5, 0.6) is 5.75 Å². The molecule has 2 aromatic rings. The van der Waals surface area contributed by atoms with E-state index in [1.54, 1.807) is 37.3 Å². The number of benzene rings is 1. The van der Waals surface area contributed by atoms with Crippen LogP contribution in [0.15, 0.2) is 34.9 Å². The second-order valence-electron chi connectivity index (χ2n) is 4.75. The van der Waals surface area contributed by atoms with E-state index in [9.17, 15) is 9.59 Å². The van der Waals surface area contributed by atoms with Crippen molar-refractivity contribution in [1.82, 2.24) is 10.5 Å². The maximum absolute atomic E-state index is 11.6. The maximum atomic E-state index is 11.6. The molecular formula is C16H19N3O4. The fourth-order valence-electron chi connectivity index (χ4n) is 1.78. The van der Waals surface area contributed by atoms with Crippen LogP contribution >= 0.6 is 0 Å². The molecule has 122 valence electrons. The molecule has 0 atom stereocenters. The van der Waals surface area contributed by atoms with Crippen molar-refractivity contribution in [1.29, 1.82) is 0 Å². The normalized spacial score (nSPS) is 10.2. The van der Waals surface area contributed by atoms with E-state index in [2.05, 4.69) is 15.8 Å². The Morgan fingerprint density at radius 1 is 1.22 bits per heavy atom. The Bertz CT molecular complexity index is 664. The number of carbonyl (C=O) groups is 2. The van der Waals surface area contributed by atoms with Gasteiger partial charge in [0.15, 0.2) is 11.5 Å². The Morgan fingerprint density at radius 3 is 2.61 bits per heavy atom. The van der Waals surface area contributed by atoms with Gasteiger partial charge in [-0.15, -0.1) is 0 Å². The minimum Gasteiger partial charge on any atom is -0.486 e. The summed E-state index contributed by atoms with van der Waals surface area (Å²) in [6.07, 6.45) is 0.428. The van der Waals surface area contributed by atoms with Crippen molar-refractivity contribution in [2.45, 2.75) is 26.9 Å². The van der Waals surface area contributed by atoms with E-state index in [0.29, 0.717) is 30.2 Å². The zero-order chi connectivity index (χ0) is 16.7. The molecule has 7 nitrogen and oxygen atoms in total. The molecule has 0 saturated carbocycles. The number of amides is 2. The molecule has 7 heteroatoms. The van der Waals surface area contributed by atoms with Gasteiger partial charge in [-0.25, -0.2) is 0 Å². The Morgan fingerprint density at radius 2 is 1.96 bits per heavy atom. The van der Waals surface area contributed by atoms with E-state index in [0.717, 1.165) is 0 Å². The molecule has 0 spiro atoms. The monoisotopic (exact) mass is 317 g/mol. The number of nitrogens with one attached hydrogen (secondary N) is 2. The molecule has 2 amide bonds. The summed E-state index contributed by atoms with van der Waals surface area (Å²) in [6, 6.07) is 8.53. The van der Waals surface area contributed by atoms with Crippen LogP contribution in [-0.4, -0.2) is 23.5 Å². The van der Waals surface area contributed by atoms with E-state index in [4.69, 9.17) is 9.26 Å². The first-order valence-corrected chi connectivity index (χ1v) is 7.38. The molecule has 0 aliphatic carbocycles. The molecule has 1 aromatic carbocycles. The predicted octanol–water partition coefficient (Wildman–Crippen LogP) is 2.35. The highest BCUT2D eigenvalue weighted by Gasteiger charge is 2.11. The lowest BCUT2D eigenvalue weighted by molar-refractivity contribution is -0.115. The van der Waals surface area contributed by atoms with Crippen LogP contribution in [0.3, 0.4) is 0 Å². The maximum Gasteiger partial charge on any atom is 0.273 e. The highest BCUT2D eigenvalue weighted by molar-refractivity contribution is 5.92. The van der Waals surface area contributed by atoms with Crippen LogP contribution in [0, 0.1) is 0 Å².